The third-order valence-corrected chi connectivity index (χ3v) is 6.83. The van der Waals surface area contributed by atoms with Crippen LogP contribution in [0.1, 0.15) is 60.5 Å². The summed E-state index contributed by atoms with van der Waals surface area (Å²) in [5.41, 5.74) is 1.27. The van der Waals surface area contributed by atoms with Crippen LogP contribution in [0.4, 0.5) is 0 Å². The van der Waals surface area contributed by atoms with Crippen molar-refractivity contribution < 1.29 is 4.52 Å². The predicted molar refractivity (Wildman–Crippen MR) is 99.5 cm³/mol. The molecule has 1 atom stereocenters. The average Bonchev–Trinajstić information content (AvgIpc) is 3.26. The third-order valence-electron chi connectivity index (χ3n) is 4.51. The molecule has 0 aliphatic heterocycles. The number of thioether (sulfide) groups is 1. The summed E-state index contributed by atoms with van der Waals surface area (Å²) < 4.78 is 7.02. The molecule has 1 aliphatic carbocycles. The quantitative estimate of drug-likeness (QED) is 0.509. The number of hydrogen-bond donors (Lipinski definition) is 0. The fourth-order valence-corrected chi connectivity index (χ4v) is 5.27. The molecule has 0 saturated heterocycles. The monoisotopic (exact) mass is 376 g/mol. The van der Waals surface area contributed by atoms with Gasteiger partial charge in [-0.1, -0.05) is 30.8 Å². The van der Waals surface area contributed by atoms with Crippen molar-refractivity contribution in [1.29, 1.82) is 0 Å². The van der Waals surface area contributed by atoms with E-state index in [1.165, 1.54) is 22.2 Å². The molecular formula is C17H20N4O2S2. The van der Waals surface area contributed by atoms with Crippen molar-refractivity contribution >= 4 is 33.3 Å². The Morgan fingerprint density at radius 3 is 2.76 bits per heavy atom. The molecule has 25 heavy (non-hydrogen) atoms. The minimum Gasteiger partial charge on any atom is -0.338 e. The standard InChI is InChI=1S/C17H20N4O2S2/c1-8(2)13-18-14(23-20-13)9(3)24-17-19-15-12(16(22)21(17)4)10-6-5-7-11(10)25-15/h8-9H,5-7H2,1-4H3. The molecule has 3 aromatic rings. The molecule has 1 aliphatic rings. The number of fused-ring (bicyclic) bond motifs is 3. The van der Waals surface area contributed by atoms with Crippen LogP contribution >= 0.6 is 23.1 Å². The predicted octanol–water partition coefficient (Wildman–Crippen LogP) is 3.84. The van der Waals surface area contributed by atoms with E-state index < -0.39 is 0 Å². The second-order valence-electron chi connectivity index (χ2n) is 6.70. The maximum Gasteiger partial charge on any atom is 0.262 e. The fourth-order valence-electron chi connectivity index (χ4n) is 3.07. The summed E-state index contributed by atoms with van der Waals surface area (Å²) in [4.78, 5) is 24.2. The van der Waals surface area contributed by atoms with Gasteiger partial charge in [0.1, 0.15) is 4.83 Å². The molecule has 0 amide bonds. The van der Waals surface area contributed by atoms with Crippen molar-refractivity contribution in [2.24, 2.45) is 7.05 Å². The van der Waals surface area contributed by atoms with Crippen LogP contribution in [0, 0.1) is 0 Å². The molecule has 6 nitrogen and oxygen atoms in total. The Kier molecular flexibility index (Phi) is 4.19. The Labute approximate surface area is 153 Å². The number of hydrogen-bond acceptors (Lipinski definition) is 7. The van der Waals surface area contributed by atoms with Crippen molar-refractivity contribution in [2.45, 2.75) is 56.4 Å². The molecule has 3 heterocycles. The van der Waals surface area contributed by atoms with Crippen LogP contribution < -0.4 is 5.56 Å². The van der Waals surface area contributed by atoms with Gasteiger partial charge in [-0.15, -0.1) is 11.3 Å². The summed E-state index contributed by atoms with van der Waals surface area (Å²) >= 11 is 3.15. The van der Waals surface area contributed by atoms with Gasteiger partial charge in [-0.3, -0.25) is 9.36 Å². The maximum absolute atomic E-state index is 12.8. The lowest BCUT2D eigenvalue weighted by atomic mass is 10.2. The minimum atomic E-state index is -0.0673. The molecule has 4 rings (SSSR count). The minimum absolute atomic E-state index is 0.0486. The van der Waals surface area contributed by atoms with E-state index in [9.17, 15) is 4.79 Å². The molecule has 0 fully saturated rings. The van der Waals surface area contributed by atoms with Crippen LogP contribution in [0.25, 0.3) is 10.2 Å². The van der Waals surface area contributed by atoms with Gasteiger partial charge in [0.2, 0.25) is 5.89 Å². The summed E-state index contributed by atoms with van der Waals surface area (Å²) in [6, 6.07) is 0. The van der Waals surface area contributed by atoms with Gasteiger partial charge in [0.15, 0.2) is 11.0 Å². The number of thiophene rings is 1. The molecule has 3 aromatic heterocycles. The summed E-state index contributed by atoms with van der Waals surface area (Å²) in [5, 5.41) is 5.45. The zero-order valence-corrected chi connectivity index (χ0v) is 16.3. The van der Waals surface area contributed by atoms with E-state index in [0.29, 0.717) is 16.9 Å². The first-order valence-corrected chi connectivity index (χ1v) is 10.2. The average molecular weight is 377 g/mol. The largest absolute Gasteiger partial charge is 0.338 e. The van der Waals surface area contributed by atoms with Gasteiger partial charge in [0.25, 0.3) is 5.56 Å². The van der Waals surface area contributed by atoms with E-state index in [2.05, 4.69) is 10.1 Å². The van der Waals surface area contributed by atoms with Crippen LogP contribution in [-0.4, -0.2) is 19.7 Å². The summed E-state index contributed by atoms with van der Waals surface area (Å²) in [7, 11) is 1.79. The Hall–Kier alpha value is -1.67. The van der Waals surface area contributed by atoms with Crippen LogP contribution in [-0.2, 0) is 19.9 Å². The van der Waals surface area contributed by atoms with Gasteiger partial charge in [0, 0.05) is 17.8 Å². The fraction of sp³-hybridized carbons (Fsp3) is 0.529. The first-order chi connectivity index (χ1) is 12.0. The van der Waals surface area contributed by atoms with Crippen molar-refractivity contribution in [3.05, 3.63) is 32.5 Å². The Morgan fingerprint density at radius 1 is 1.24 bits per heavy atom. The maximum atomic E-state index is 12.8. The topological polar surface area (TPSA) is 73.8 Å². The Morgan fingerprint density at radius 2 is 2.04 bits per heavy atom. The zero-order chi connectivity index (χ0) is 17.7. The van der Waals surface area contributed by atoms with E-state index in [1.54, 1.807) is 23.0 Å². The van der Waals surface area contributed by atoms with Crippen molar-refractivity contribution in [3.8, 4) is 0 Å². The molecular weight excluding hydrogens is 356 g/mol. The van der Waals surface area contributed by atoms with Crippen molar-refractivity contribution in [3.63, 3.8) is 0 Å². The van der Waals surface area contributed by atoms with Gasteiger partial charge in [-0.2, -0.15) is 4.98 Å². The van der Waals surface area contributed by atoms with Gasteiger partial charge >= 0.3 is 0 Å². The molecule has 0 bridgehead atoms. The number of aromatic nitrogens is 4. The van der Waals surface area contributed by atoms with Crippen LogP contribution in [0.15, 0.2) is 14.5 Å². The lowest BCUT2D eigenvalue weighted by Gasteiger charge is -2.10. The van der Waals surface area contributed by atoms with Crippen LogP contribution in [0.5, 0.6) is 0 Å². The summed E-state index contributed by atoms with van der Waals surface area (Å²) in [5.74, 6) is 1.49. The van der Waals surface area contributed by atoms with Crippen LogP contribution in [0.2, 0.25) is 0 Å². The summed E-state index contributed by atoms with van der Waals surface area (Å²) in [6.45, 7) is 6.05. The first-order valence-electron chi connectivity index (χ1n) is 8.47. The van der Waals surface area contributed by atoms with Gasteiger partial charge in [0.05, 0.1) is 10.6 Å². The van der Waals surface area contributed by atoms with E-state index in [4.69, 9.17) is 9.51 Å². The number of aryl methyl sites for hydroxylation is 2. The van der Waals surface area contributed by atoms with Gasteiger partial charge in [-0.25, -0.2) is 4.98 Å². The normalized spacial score (nSPS) is 15.2. The SMILES string of the molecule is CC(C)c1noc(C(C)Sc2nc3sc4c(c3c(=O)n2C)CCC4)n1. The Bertz CT molecular complexity index is 1000. The highest BCUT2D eigenvalue weighted by atomic mass is 32.2. The summed E-state index contributed by atoms with van der Waals surface area (Å²) in [6.07, 6.45) is 3.20. The molecule has 0 spiro atoms. The molecule has 0 radical (unpaired) electrons. The highest BCUT2D eigenvalue weighted by molar-refractivity contribution is 7.99. The van der Waals surface area contributed by atoms with E-state index in [1.807, 2.05) is 20.8 Å². The molecule has 132 valence electrons. The molecule has 0 N–H and O–H groups in total. The molecule has 1 unspecified atom stereocenters. The van der Waals surface area contributed by atoms with Crippen LogP contribution in [0.3, 0.4) is 0 Å². The van der Waals surface area contributed by atoms with Gasteiger partial charge < -0.3 is 4.52 Å². The zero-order valence-electron chi connectivity index (χ0n) is 14.7. The second kappa shape index (κ2) is 6.25. The lowest BCUT2D eigenvalue weighted by Crippen LogP contribution is -2.20. The smallest absolute Gasteiger partial charge is 0.262 e. The Balaban J connectivity index is 1.69. The first kappa shape index (κ1) is 16.8. The number of nitrogens with zero attached hydrogens (tertiary/aromatic N) is 4. The number of rotatable bonds is 4. The van der Waals surface area contributed by atoms with Crippen molar-refractivity contribution in [2.75, 3.05) is 0 Å². The van der Waals surface area contributed by atoms with E-state index in [-0.39, 0.29) is 16.7 Å². The molecule has 0 saturated carbocycles. The molecule has 8 heteroatoms. The van der Waals surface area contributed by atoms with Crippen molar-refractivity contribution in [1.82, 2.24) is 19.7 Å². The van der Waals surface area contributed by atoms with E-state index in [0.717, 1.165) is 29.5 Å². The highest BCUT2D eigenvalue weighted by Gasteiger charge is 2.24. The second-order valence-corrected chi connectivity index (χ2v) is 9.09. The third kappa shape index (κ3) is 2.81. The molecule has 0 aromatic carbocycles. The van der Waals surface area contributed by atoms with E-state index >= 15 is 0 Å². The highest BCUT2D eigenvalue weighted by Crippen LogP contribution is 2.37. The lowest BCUT2D eigenvalue weighted by molar-refractivity contribution is 0.373. The van der Waals surface area contributed by atoms with Gasteiger partial charge in [-0.05, 0) is 31.7 Å².